The van der Waals surface area contributed by atoms with Crippen molar-refractivity contribution in [3.8, 4) is 12.3 Å². The third-order valence-corrected chi connectivity index (χ3v) is 3.96. The van der Waals surface area contributed by atoms with Gasteiger partial charge in [0.15, 0.2) is 17.4 Å². The molecule has 30 heavy (non-hydrogen) atoms. The van der Waals surface area contributed by atoms with Gasteiger partial charge < -0.3 is 15.2 Å². The Labute approximate surface area is 175 Å². The summed E-state index contributed by atoms with van der Waals surface area (Å²) in [6.07, 6.45) is 5.31. The molecule has 0 bridgehead atoms. The maximum absolute atomic E-state index is 13.2. The molecular formula is C22H27F2N3O3. The number of rotatable bonds is 5. The second-order valence-electron chi connectivity index (χ2n) is 5.84. The summed E-state index contributed by atoms with van der Waals surface area (Å²) in [5, 5.41) is 4.79. The molecule has 1 aromatic carbocycles. The van der Waals surface area contributed by atoms with E-state index in [1.165, 1.54) is 13.0 Å². The van der Waals surface area contributed by atoms with Crippen LogP contribution in [0.3, 0.4) is 0 Å². The van der Waals surface area contributed by atoms with Crippen LogP contribution in [0.4, 0.5) is 14.5 Å². The maximum atomic E-state index is 13.2. The fraction of sp³-hybridized carbons (Fsp3) is 0.318. The molecule has 0 aliphatic carbocycles. The molecule has 0 aliphatic rings. The van der Waals surface area contributed by atoms with Gasteiger partial charge in [0.2, 0.25) is 6.41 Å². The van der Waals surface area contributed by atoms with Crippen molar-refractivity contribution in [1.82, 2.24) is 9.88 Å². The normalized spacial score (nSPS) is 9.17. The van der Waals surface area contributed by atoms with Gasteiger partial charge >= 0.3 is 0 Å². The Balaban J connectivity index is 0.000000905. The average molecular weight is 419 g/mol. The molecule has 2 rings (SSSR count). The zero-order valence-electron chi connectivity index (χ0n) is 18.0. The Bertz CT molecular complexity index is 944. The van der Waals surface area contributed by atoms with Crippen LogP contribution in [0.2, 0.25) is 0 Å². The fourth-order valence-corrected chi connectivity index (χ4v) is 2.68. The van der Waals surface area contributed by atoms with E-state index in [1.54, 1.807) is 25.5 Å². The molecule has 6 nitrogen and oxygen atoms in total. The van der Waals surface area contributed by atoms with Crippen molar-refractivity contribution in [2.75, 3.05) is 11.9 Å². The number of Topliss-reactive ketones (excluding diaryl/α,β-unsaturated/α-hetero) is 1. The van der Waals surface area contributed by atoms with Crippen LogP contribution >= 0.6 is 0 Å². The van der Waals surface area contributed by atoms with Crippen molar-refractivity contribution in [3.63, 3.8) is 0 Å². The second kappa shape index (κ2) is 12.9. The highest BCUT2D eigenvalue weighted by atomic mass is 19.2. The van der Waals surface area contributed by atoms with Crippen LogP contribution in [-0.4, -0.2) is 29.2 Å². The van der Waals surface area contributed by atoms with E-state index in [9.17, 15) is 23.2 Å². The number of carbonyl (C=O) groups excluding carboxylic acids is 3. The van der Waals surface area contributed by atoms with E-state index < -0.39 is 17.5 Å². The molecule has 8 heteroatoms. The quantitative estimate of drug-likeness (QED) is 0.335. The molecule has 0 aliphatic heterocycles. The minimum atomic E-state index is -1.04. The number of amides is 2. The molecule has 1 aromatic heterocycles. The molecular weight excluding hydrogens is 392 g/mol. The van der Waals surface area contributed by atoms with E-state index in [4.69, 9.17) is 6.42 Å². The number of nitrogens with zero attached hydrogens (tertiary/aromatic N) is 1. The van der Waals surface area contributed by atoms with Gasteiger partial charge in [0.05, 0.1) is 6.54 Å². The van der Waals surface area contributed by atoms with E-state index in [-0.39, 0.29) is 11.5 Å². The second-order valence-corrected chi connectivity index (χ2v) is 5.84. The zero-order chi connectivity index (χ0) is 23.4. The highest BCUT2D eigenvalue weighted by Crippen LogP contribution is 2.23. The minimum Gasteiger partial charge on any atom is -0.348 e. The summed E-state index contributed by atoms with van der Waals surface area (Å²) in [6.45, 7) is 9.19. The fourth-order valence-electron chi connectivity index (χ4n) is 2.68. The van der Waals surface area contributed by atoms with Gasteiger partial charge in [-0.3, -0.25) is 14.4 Å². The molecule has 0 fully saturated rings. The number of hydrogen-bond donors (Lipinski definition) is 2. The highest BCUT2D eigenvalue weighted by molar-refractivity contribution is 6.07. The lowest BCUT2D eigenvalue weighted by Crippen LogP contribution is -2.17. The molecule has 0 saturated carbocycles. The van der Waals surface area contributed by atoms with Crippen LogP contribution in [0.15, 0.2) is 18.2 Å². The van der Waals surface area contributed by atoms with Gasteiger partial charge in [-0.25, -0.2) is 8.78 Å². The van der Waals surface area contributed by atoms with Crippen LogP contribution in [0, 0.1) is 37.8 Å². The third-order valence-electron chi connectivity index (χ3n) is 3.96. The molecule has 2 aromatic rings. The summed E-state index contributed by atoms with van der Waals surface area (Å²) in [5.74, 6) is -0.409. The summed E-state index contributed by atoms with van der Waals surface area (Å²) < 4.78 is 27.7. The van der Waals surface area contributed by atoms with Gasteiger partial charge in [-0.05, 0) is 38.5 Å². The standard InChI is InChI=1S/C16H16F2N2O2.C4H5NO.C2H6/c1-8-14(10(3)21)9(2)20(4)15(8)16(22)19-11-5-6-12(17)13(18)7-11;1-2-3-5-4-6;1-2/h5-7H,1-4H3,(H,19,22);1,4H,3H2,(H,5,6);1-2H3. The van der Waals surface area contributed by atoms with Crippen LogP contribution in [0.25, 0.3) is 0 Å². The largest absolute Gasteiger partial charge is 0.348 e. The molecule has 2 N–H and O–H groups in total. The number of terminal acetylenes is 1. The molecule has 0 radical (unpaired) electrons. The topological polar surface area (TPSA) is 80.2 Å². The van der Waals surface area contributed by atoms with Gasteiger partial charge in [0.25, 0.3) is 5.91 Å². The lowest BCUT2D eigenvalue weighted by atomic mass is 10.1. The predicted octanol–water partition coefficient (Wildman–Crippen LogP) is 3.77. The molecule has 162 valence electrons. The molecule has 0 atom stereocenters. The summed E-state index contributed by atoms with van der Waals surface area (Å²) in [7, 11) is 1.68. The van der Waals surface area contributed by atoms with Crippen molar-refractivity contribution in [2.45, 2.75) is 34.6 Å². The molecule has 2 amide bonds. The number of hydrogen-bond acceptors (Lipinski definition) is 3. The van der Waals surface area contributed by atoms with Gasteiger partial charge in [-0.15, -0.1) is 6.42 Å². The first-order chi connectivity index (χ1) is 14.1. The van der Waals surface area contributed by atoms with Crippen LogP contribution in [0.1, 0.15) is 52.9 Å². The van der Waals surface area contributed by atoms with Crippen molar-refractivity contribution in [1.29, 1.82) is 0 Å². The Hall–Kier alpha value is -3.47. The predicted molar refractivity (Wildman–Crippen MR) is 113 cm³/mol. The number of nitrogens with one attached hydrogen (secondary N) is 2. The van der Waals surface area contributed by atoms with Gasteiger partial charge in [-0.1, -0.05) is 19.8 Å². The highest BCUT2D eigenvalue weighted by Gasteiger charge is 2.23. The van der Waals surface area contributed by atoms with Crippen molar-refractivity contribution in [2.24, 2.45) is 7.05 Å². The summed E-state index contributed by atoms with van der Waals surface area (Å²) in [4.78, 5) is 33.4. The number of aromatic nitrogens is 1. The van der Waals surface area contributed by atoms with Crippen molar-refractivity contribution >= 4 is 23.8 Å². The average Bonchev–Trinajstić information content (AvgIpc) is 2.93. The van der Waals surface area contributed by atoms with E-state index >= 15 is 0 Å². The first-order valence-electron chi connectivity index (χ1n) is 9.19. The summed E-state index contributed by atoms with van der Waals surface area (Å²) >= 11 is 0. The SMILES string of the molecule is C#CCNC=O.CC.CC(=O)c1c(C)c(C(=O)Nc2ccc(F)c(F)c2)n(C)c1C. The number of anilines is 1. The summed E-state index contributed by atoms with van der Waals surface area (Å²) in [6, 6.07) is 3.12. The van der Waals surface area contributed by atoms with Gasteiger partial charge in [0.1, 0.15) is 5.69 Å². The molecule has 0 saturated heterocycles. The Morgan fingerprint density at radius 3 is 2.20 bits per heavy atom. The molecule has 0 unspecified atom stereocenters. The lowest BCUT2D eigenvalue weighted by molar-refractivity contribution is -0.109. The van der Waals surface area contributed by atoms with E-state index in [0.717, 1.165) is 12.1 Å². The van der Waals surface area contributed by atoms with Crippen LogP contribution in [-0.2, 0) is 11.8 Å². The Morgan fingerprint density at radius 1 is 1.20 bits per heavy atom. The van der Waals surface area contributed by atoms with E-state index in [1.807, 2.05) is 13.8 Å². The molecule has 1 heterocycles. The Kier molecular flexibility index (Phi) is 11.4. The van der Waals surface area contributed by atoms with Crippen molar-refractivity contribution < 1.29 is 23.2 Å². The maximum Gasteiger partial charge on any atom is 0.272 e. The first kappa shape index (κ1) is 26.5. The minimum absolute atomic E-state index is 0.127. The summed E-state index contributed by atoms with van der Waals surface area (Å²) in [5.41, 5.74) is 2.20. The van der Waals surface area contributed by atoms with Crippen molar-refractivity contribution in [3.05, 3.63) is 52.3 Å². The van der Waals surface area contributed by atoms with E-state index in [2.05, 4.69) is 16.6 Å². The monoisotopic (exact) mass is 419 g/mol. The lowest BCUT2D eigenvalue weighted by Gasteiger charge is -2.08. The third kappa shape index (κ3) is 6.85. The number of benzene rings is 1. The van der Waals surface area contributed by atoms with Gasteiger partial charge in [0, 0.05) is 30.1 Å². The van der Waals surface area contributed by atoms with E-state index in [0.29, 0.717) is 35.5 Å². The van der Waals surface area contributed by atoms with Crippen LogP contribution < -0.4 is 10.6 Å². The number of carbonyl (C=O) groups is 3. The van der Waals surface area contributed by atoms with Crippen LogP contribution in [0.5, 0.6) is 0 Å². The Morgan fingerprint density at radius 2 is 1.80 bits per heavy atom. The smallest absolute Gasteiger partial charge is 0.272 e. The first-order valence-corrected chi connectivity index (χ1v) is 9.19. The van der Waals surface area contributed by atoms with Gasteiger partial charge in [-0.2, -0.15) is 0 Å². The number of ketones is 1. The number of halogens is 2. The zero-order valence-corrected chi connectivity index (χ0v) is 18.0. The molecule has 0 spiro atoms.